The maximum Gasteiger partial charge on any atom is 0.240 e. The normalized spacial score (nSPS) is 15.9. The number of rotatable bonds is 13. The number of ether oxygens (including phenoxy) is 1. The van der Waals surface area contributed by atoms with Crippen LogP contribution in [0.4, 0.5) is 0 Å². The second kappa shape index (κ2) is 14.6. The molecule has 1 fully saturated rings. The number of hydrogen-bond donors (Lipinski definition) is 4. The summed E-state index contributed by atoms with van der Waals surface area (Å²) in [6.07, 6.45) is 9.35. The van der Waals surface area contributed by atoms with Crippen molar-refractivity contribution in [2.24, 2.45) is 11.7 Å². The number of nitrogens with zero attached hydrogens (tertiary/aromatic N) is 1. The molecule has 214 valence electrons. The fraction of sp³-hybridized carbons (Fsp3) is 0.355. The van der Waals surface area contributed by atoms with Gasteiger partial charge in [0.25, 0.3) is 0 Å². The van der Waals surface area contributed by atoms with Crippen molar-refractivity contribution in [3.05, 3.63) is 96.1 Å². The lowest BCUT2D eigenvalue weighted by molar-refractivity contribution is 0.263. The lowest BCUT2D eigenvalue weighted by Crippen LogP contribution is -2.39. The Labute approximate surface area is 238 Å². The van der Waals surface area contributed by atoms with Gasteiger partial charge in [-0.05, 0) is 75.3 Å². The Morgan fingerprint density at radius 1 is 1.12 bits per heavy atom. The van der Waals surface area contributed by atoms with E-state index in [9.17, 15) is 8.42 Å². The van der Waals surface area contributed by atoms with E-state index in [1.54, 1.807) is 60.7 Å². The highest BCUT2D eigenvalue weighted by Crippen LogP contribution is 2.24. The van der Waals surface area contributed by atoms with Crippen molar-refractivity contribution in [1.29, 1.82) is 10.8 Å². The number of amidine groups is 2. The second-order valence-electron chi connectivity index (χ2n) is 10.3. The van der Waals surface area contributed by atoms with Gasteiger partial charge in [0.2, 0.25) is 10.0 Å². The van der Waals surface area contributed by atoms with E-state index in [1.165, 1.54) is 5.57 Å². The zero-order chi connectivity index (χ0) is 29.1. The summed E-state index contributed by atoms with van der Waals surface area (Å²) in [6.45, 7) is 9.85. The average molecular weight is 564 g/mol. The summed E-state index contributed by atoms with van der Waals surface area (Å²) in [5, 5.41) is 15.5. The Morgan fingerprint density at radius 3 is 2.45 bits per heavy atom. The Hall–Kier alpha value is -3.69. The molecule has 40 heavy (non-hydrogen) atoms. The predicted octanol–water partition coefficient (Wildman–Crippen LogP) is 5.24. The number of likely N-dealkylation sites (tertiary alicyclic amines) is 1. The van der Waals surface area contributed by atoms with Crippen molar-refractivity contribution in [2.75, 3.05) is 19.7 Å². The molecule has 9 heteroatoms. The molecule has 1 unspecified atom stereocenters. The van der Waals surface area contributed by atoms with E-state index >= 15 is 0 Å². The van der Waals surface area contributed by atoms with Gasteiger partial charge in [-0.1, -0.05) is 60.7 Å². The molecule has 1 saturated heterocycles. The maximum absolute atomic E-state index is 13.1. The monoisotopic (exact) mass is 563 g/mol. The van der Waals surface area contributed by atoms with Crippen LogP contribution in [0.15, 0.2) is 95.4 Å². The summed E-state index contributed by atoms with van der Waals surface area (Å²) in [6, 6.07) is 14.6. The van der Waals surface area contributed by atoms with Gasteiger partial charge < -0.3 is 15.4 Å². The fourth-order valence-corrected chi connectivity index (χ4v) is 5.96. The standard InChI is InChI=1S/C31H41N5O3S/c1-4-25(14-13-23(2)19-26-15-17-36(18-16-26)24(3)32)20-28(35-40(37,38)30-11-6-5-7-12-30)22-39-29-10-8-9-27(21-29)31(33)34/h4-14,21,26,28,32,35H,1,15-20,22H2,2-3H3,(H3,33,34)/b23-13+,25-14+,32-24?. The summed E-state index contributed by atoms with van der Waals surface area (Å²) in [5.74, 6) is 1.66. The van der Waals surface area contributed by atoms with E-state index < -0.39 is 16.1 Å². The molecule has 0 aliphatic carbocycles. The molecule has 0 saturated carbocycles. The molecule has 0 aromatic heterocycles. The Kier molecular flexibility index (Phi) is 11.3. The molecule has 1 heterocycles. The van der Waals surface area contributed by atoms with Crippen molar-refractivity contribution >= 4 is 21.7 Å². The van der Waals surface area contributed by atoms with E-state index in [2.05, 4.69) is 29.2 Å². The zero-order valence-electron chi connectivity index (χ0n) is 23.4. The largest absolute Gasteiger partial charge is 0.492 e. The lowest BCUT2D eigenvalue weighted by Gasteiger charge is -2.32. The summed E-state index contributed by atoms with van der Waals surface area (Å²) >= 11 is 0. The predicted molar refractivity (Wildman–Crippen MR) is 162 cm³/mol. The molecule has 5 N–H and O–H groups in total. The third-order valence-electron chi connectivity index (χ3n) is 7.00. The molecule has 0 bridgehead atoms. The van der Waals surface area contributed by atoms with Crippen LogP contribution in [-0.4, -0.2) is 50.7 Å². The van der Waals surface area contributed by atoms with Crippen molar-refractivity contribution in [2.45, 2.75) is 50.5 Å². The first-order chi connectivity index (χ1) is 19.1. The molecule has 1 atom stereocenters. The number of allylic oxidation sites excluding steroid dienone is 4. The van der Waals surface area contributed by atoms with Crippen LogP contribution in [-0.2, 0) is 10.0 Å². The minimum atomic E-state index is -3.78. The van der Waals surface area contributed by atoms with Gasteiger partial charge in [0.1, 0.15) is 18.2 Å². The van der Waals surface area contributed by atoms with Crippen LogP contribution in [0.3, 0.4) is 0 Å². The second-order valence-corrected chi connectivity index (χ2v) is 12.0. The van der Waals surface area contributed by atoms with Crippen LogP contribution in [0.5, 0.6) is 5.75 Å². The minimum Gasteiger partial charge on any atom is -0.492 e. The SMILES string of the molecule is C=C/C(=C\C=C(/C)CC1CCN(C(C)=N)CC1)CC(COc1cccc(C(=N)N)c1)NS(=O)(=O)c1ccccc1. The third kappa shape index (κ3) is 9.50. The van der Waals surface area contributed by atoms with Crippen molar-refractivity contribution < 1.29 is 13.2 Å². The van der Waals surface area contributed by atoms with Gasteiger partial charge in [0, 0.05) is 18.7 Å². The Morgan fingerprint density at radius 2 is 1.82 bits per heavy atom. The van der Waals surface area contributed by atoms with Crippen LogP contribution in [0, 0.1) is 16.7 Å². The molecule has 0 radical (unpaired) electrons. The number of nitrogens with one attached hydrogen (secondary N) is 3. The van der Waals surface area contributed by atoms with E-state index in [1.807, 2.05) is 13.0 Å². The summed E-state index contributed by atoms with van der Waals surface area (Å²) in [7, 11) is -3.78. The van der Waals surface area contributed by atoms with Gasteiger partial charge in [-0.15, -0.1) is 0 Å². The van der Waals surface area contributed by atoms with Gasteiger partial charge in [-0.3, -0.25) is 10.8 Å². The van der Waals surface area contributed by atoms with E-state index in [0.717, 1.165) is 37.9 Å². The number of benzene rings is 2. The third-order valence-corrected chi connectivity index (χ3v) is 8.53. The molecule has 2 aromatic carbocycles. The first kappa shape index (κ1) is 30.8. The highest BCUT2D eigenvalue weighted by molar-refractivity contribution is 7.89. The Bertz CT molecular complexity index is 1340. The highest BCUT2D eigenvalue weighted by Gasteiger charge is 2.22. The highest BCUT2D eigenvalue weighted by atomic mass is 32.2. The fourth-order valence-electron chi connectivity index (χ4n) is 4.72. The molecule has 3 rings (SSSR count). The van der Waals surface area contributed by atoms with E-state index in [4.69, 9.17) is 21.3 Å². The molecule has 0 amide bonds. The van der Waals surface area contributed by atoms with E-state index in [-0.39, 0.29) is 17.3 Å². The number of sulfonamides is 1. The van der Waals surface area contributed by atoms with Crippen molar-refractivity contribution in [3.8, 4) is 5.75 Å². The molecule has 0 spiro atoms. The number of hydrogen-bond acceptors (Lipinski definition) is 5. The van der Waals surface area contributed by atoms with Crippen LogP contribution >= 0.6 is 0 Å². The van der Waals surface area contributed by atoms with Crippen molar-refractivity contribution in [3.63, 3.8) is 0 Å². The van der Waals surface area contributed by atoms with Crippen LogP contribution < -0.4 is 15.2 Å². The van der Waals surface area contributed by atoms with Crippen LogP contribution in [0.2, 0.25) is 0 Å². The summed E-state index contributed by atoms with van der Waals surface area (Å²) < 4.78 is 35.0. The zero-order valence-corrected chi connectivity index (χ0v) is 24.2. The first-order valence-corrected chi connectivity index (χ1v) is 15.0. The van der Waals surface area contributed by atoms with Crippen LogP contribution in [0.1, 0.15) is 45.1 Å². The smallest absolute Gasteiger partial charge is 0.240 e. The van der Waals surface area contributed by atoms with Gasteiger partial charge in [-0.25, -0.2) is 13.1 Å². The van der Waals surface area contributed by atoms with Gasteiger partial charge in [0.05, 0.1) is 16.8 Å². The topological polar surface area (TPSA) is 132 Å². The first-order valence-electron chi connectivity index (χ1n) is 13.5. The van der Waals surface area contributed by atoms with Gasteiger partial charge >= 0.3 is 0 Å². The summed E-state index contributed by atoms with van der Waals surface area (Å²) in [5.41, 5.74) is 8.28. The van der Waals surface area contributed by atoms with Gasteiger partial charge in [0.15, 0.2) is 0 Å². The number of nitrogens with two attached hydrogens (primary N) is 1. The van der Waals surface area contributed by atoms with E-state index in [0.29, 0.717) is 29.5 Å². The average Bonchev–Trinajstić information content (AvgIpc) is 2.94. The molecule has 1 aliphatic rings. The molecular formula is C31H41N5O3S. The quantitative estimate of drug-likeness (QED) is 0.150. The minimum absolute atomic E-state index is 0.0683. The maximum atomic E-state index is 13.1. The molecule has 2 aromatic rings. The van der Waals surface area contributed by atoms with Gasteiger partial charge in [-0.2, -0.15) is 0 Å². The lowest BCUT2D eigenvalue weighted by atomic mass is 9.90. The molecule has 8 nitrogen and oxygen atoms in total. The van der Waals surface area contributed by atoms with Crippen LogP contribution in [0.25, 0.3) is 0 Å². The number of nitrogen functional groups attached to an aromatic ring is 1. The molecule has 1 aliphatic heterocycles. The van der Waals surface area contributed by atoms with Crippen molar-refractivity contribution in [1.82, 2.24) is 9.62 Å². The number of piperidine rings is 1. The molecular weight excluding hydrogens is 522 g/mol. The Balaban J connectivity index is 1.72. The summed E-state index contributed by atoms with van der Waals surface area (Å²) in [4.78, 5) is 2.31.